The van der Waals surface area contributed by atoms with Crippen LogP contribution in [0.3, 0.4) is 0 Å². The number of nitrogens with one attached hydrogen (secondary N) is 2. The fourth-order valence-electron chi connectivity index (χ4n) is 3.36. The van der Waals surface area contributed by atoms with Crippen molar-refractivity contribution in [3.8, 4) is 0 Å². The van der Waals surface area contributed by atoms with E-state index in [1.54, 1.807) is 6.07 Å². The fraction of sp³-hybridized carbons (Fsp3) is 0.364. The number of hydrogen-bond donors (Lipinski definition) is 2. The quantitative estimate of drug-likeness (QED) is 0.563. The first-order chi connectivity index (χ1) is 14.0. The van der Waals surface area contributed by atoms with Gasteiger partial charge in [0.25, 0.3) is 0 Å². The zero-order chi connectivity index (χ0) is 20.6. The van der Waals surface area contributed by atoms with Gasteiger partial charge in [-0.1, -0.05) is 29.8 Å². The van der Waals surface area contributed by atoms with E-state index >= 15 is 0 Å². The molecule has 7 heteroatoms. The molecule has 1 aliphatic rings. The van der Waals surface area contributed by atoms with Gasteiger partial charge in [0.15, 0.2) is 0 Å². The van der Waals surface area contributed by atoms with Gasteiger partial charge in [-0.25, -0.2) is 0 Å². The Labute approximate surface area is 176 Å². The van der Waals surface area contributed by atoms with Crippen molar-refractivity contribution in [2.24, 2.45) is 0 Å². The van der Waals surface area contributed by atoms with Crippen molar-refractivity contribution >= 4 is 34.8 Å². The van der Waals surface area contributed by atoms with E-state index in [0.29, 0.717) is 12.2 Å². The Morgan fingerprint density at radius 3 is 2.34 bits per heavy atom. The summed E-state index contributed by atoms with van der Waals surface area (Å²) in [6.07, 6.45) is 0.810. The van der Waals surface area contributed by atoms with Gasteiger partial charge >= 0.3 is 11.8 Å². The summed E-state index contributed by atoms with van der Waals surface area (Å²) in [5.41, 5.74) is 2.78. The zero-order valence-electron chi connectivity index (χ0n) is 16.7. The standard InChI is InChI=1S/C22H27ClN4O2/c1-17-5-2-3-6-20(17)25-22(29)21(28)24-11-4-12-26-13-15-27(16-14-26)19-9-7-18(23)8-10-19/h2-3,5-10H,4,11-16H2,1H3,(H,24,28)(H,25,29). The van der Waals surface area contributed by atoms with Crippen LogP contribution in [0.2, 0.25) is 5.02 Å². The monoisotopic (exact) mass is 414 g/mol. The maximum Gasteiger partial charge on any atom is 0.313 e. The van der Waals surface area contributed by atoms with Crippen molar-refractivity contribution in [2.45, 2.75) is 13.3 Å². The molecule has 6 nitrogen and oxygen atoms in total. The molecule has 0 spiro atoms. The molecule has 2 aromatic carbocycles. The van der Waals surface area contributed by atoms with Crippen LogP contribution in [0.4, 0.5) is 11.4 Å². The Morgan fingerprint density at radius 1 is 0.966 bits per heavy atom. The summed E-state index contributed by atoms with van der Waals surface area (Å²) in [5.74, 6) is -1.23. The van der Waals surface area contributed by atoms with Crippen LogP contribution in [0.25, 0.3) is 0 Å². The molecule has 1 fully saturated rings. The topological polar surface area (TPSA) is 64.7 Å². The van der Waals surface area contributed by atoms with Gasteiger partial charge in [0.1, 0.15) is 0 Å². The van der Waals surface area contributed by atoms with Crippen LogP contribution in [-0.2, 0) is 9.59 Å². The third kappa shape index (κ3) is 6.21. The maximum absolute atomic E-state index is 12.0. The molecule has 1 saturated heterocycles. The summed E-state index contributed by atoms with van der Waals surface area (Å²) in [4.78, 5) is 28.7. The Hall–Kier alpha value is -2.57. The first-order valence-corrected chi connectivity index (χ1v) is 10.3. The average molecular weight is 415 g/mol. The number of piperazine rings is 1. The molecular formula is C22H27ClN4O2. The molecule has 2 aromatic rings. The summed E-state index contributed by atoms with van der Waals surface area (Å²) in [6, 6.07) is 15.3. The molecule has 3 rings (SSSR count). The van der Waals surface area contributed by atoms with Gasteiger partial charge in [0, 0.05) is 49.1 Å². The normalized spacial score (nSPS) is 14.5. The van der Waals surface area contributed by atoms with Crippen molar-refractivity contribution in [3.63, 3.8) is 0 Å². The highest BCUT2D eigenvalue weighted by atomic mass is 35.5. The molecule has 2 amide bonds. The summed E-state index contributed by atoms with van der Waals surface area (Å²) < 4.78 is 0. The van der Waals surface area contributed by atoms with Gasteiger partial charge in [0.2, 0.25) is 0 Å². The van der Waals surface area contributed by atoms with Gasteiger partial charge in [-0.2, -0.15) is 0 Å². The number of halogens is 1. The number of rotatable bonds is 6. The van der Waals surface area contributed by atoms with Gasteiger partial charge in [-0.3, -0.25) is 14.5 Å². The van der Waals surface area contributed by atoms with E-state index in [1.807, 2.05) is 37.3 Å². The number of amides is 2. The van der Waals surface area contributed by atoms with Crippen molar-refractivity contribution in [3.05, 3.63) is 59.1 Å². The van der Waals surface area contributed by atoms with Gasteiger partial charge < -0.3 is 15.5 Å². The lowest BCUT2D eigenvalue weighted by atomic mass is 10.2. The predicted molar refractivity (Wildman–Crippen MR) is 118 cm³/mol. The molecule has 154 valence electrons. The van der Waals surface area contributed by atoms with Gasteiger partial charge in [-0.15, -0.1) is 0 Å². The molecule has 0 unspecified atom stereocenters. The van der Waals surface area contributed by atoms with Crippen LogP contribution in [0, 0.1) is 6.92 Å². The van der Waals surface area contributed by atoms with Gasteiger partial charge in [-0.05, 0) is 55.8 Å². The molecule has 2 N–H and O–H groups in total. The second-order valence-corrected chi connectivity index (χ2v) is 7.62. The minimum absolute atomic E-state index is 0.484. The fourth-order valence-corrected chi connectivity index (χ4v) is 3.48. The van der Waals surface area contributed by atoms with Crippen molar-refractivity contribution < 1.29 is 9.59 Å². The van der Waals surface area contributed by atoms with E-state index in [9.17, 15) is 9.59 Å². The maximum atomic E-state index is 12.0. The smallest absolute Gasteiger partial charge is 0.313 e. The molecule has 0 bridgehead atoms. The number of hydrogen-bond acceptors (Lipinski definition) is 4. The lowest BCUT2D eigenvalue weighted by Gasteiger charge is -2.36. The molecule has 0 saturated carbocycles. The van der Waals surface area contributed by atoms with Crippen LogP contribution in [0.1, 0.15) is 12.0 Å². The zero-order valence-corrected chi connectivity index (χ0v) is 17.4. The van der Waals surface area contributed by atoms with Crippen molar-refractivity contribution in [1.82, 2.24) is 10.2 Å². The van der Waals surface area contributed by atoms with Crippen LogP contribution in [0.15, 0.2) is 48.5 Å². The summed E-state index contributed by atoms with van der Waals surface area (Å²) in [6.45, 7) is 7.15. The molecule has 0 aromatic heterocycles. The van der Waals surface area contributed by atoms with E-state index in [-0.39, 0.29) is 0 Å². The first-order valence-electron chi connectivity index (χ1n) is 9.90. The first kappa shape index (κ1) is 21.1. The molecule has 29 heavy (non-hydrogen) atoms. The lowest BCUT2D eigenvalue weighted by molar-refractivity contribution is -0.136. The number of aryl methyl sites for hydroxylation is 1. The van der Waals surface area contributed by atoms with E-state index in [4.69, 9.17) is 11.6 Å². The van der Waals surface area contributed by atoms with E-state index < -0.39 is 11.8 Å². The lowest BCUT2D eigenvalue weighted by Crippen LogP contribution is -2.47. The average Bonchev–Trinajstić information content (AvgIpc) is 2.74. The van der Waals surface area contributed by atoms with Crippen molar-refractivity contribution in [1.29, 1.82) is 0 Å². The van der Waals surface area contributed by atoms with Crippen LogP contribution in [0.5, 0.6) is 0 Å². The van der Waals surface area contributed by atoms with Crippen LogP contribution in [-0.4, -0.2) is 56.0 Å². The molecule has 0 radical (unpaired) electrons. The molecule has 0 atom stereocenters. The number of anilines is 2. The third-order valence-corrected chi connectivity index (χ3v) is 5.35. The number of para-hydroxylation sites is 1. The number of nitrogens with zero attached hydrogens (tertiary/aromatic N) is 2. The van der Waals surface area contributed by atoms with E-state index in [1.165, 1.54) is 5.69 Å². The predicted octanol–water partition coefficient (Wildman–Crippen LogP) is 2.92. The minimum Gasteiger partial charge on any atom is -0.369 e. The minimum atomic E-state index is -0.629. The largest absolute Gasteiger partial charge is 0.369 e. The second kappa shape index (κ2) is 10.3. The SMILES string of the molecule is Cc1ccccc1NC(=O)C(=O)NCCCN1CCN(c2ccc(Cl)cc2)CC1. The Bertz CT molecular complexity index is 833. The number of carbonyl (C=O) groups excluding carboxylic acids is 2. The third-order valence-electron chi connectivity index (χ3n) is 5.10. The highest BCUT2D eigenvalue weighted by Crippen LogP contribution is 2.19. The molecule has 1 heterocycles. The summed E-state index contributed by atoms with van der Waals surface area (Å²) >= 11 is 5.95. The molecule has 0 aliphatic carbocycles. The Morgan fingerprint density at radius 2 is 1.66 bits per heavy atom. The molecule has 1 aliphatic heterocycles. The highest BCUT2D eigenvalue weighted by Gasteiger charge is 2.17. The van der Waals surface area contributed by atoms with E-state index in [0.717, 1.165) is 49.7 Å². The van der Waals surface area contributed by atoms with Crippen LogP contribution < -0.4 is 15.5 Å². The van der Waals surface area contributed by atoms with Crippen molar-refractivity contribution in [2.75, 3.05) is 49.5 Å². The Balaban J connectivity index is 1.32. The number of benzene rings is 2. The Kier molecular flexibility index (Phi) is 7.49. The highest BCUT2D eigenvalue weighted by molar-refractivity contribution is 6.39. The van der Waals surface area contributed by atoms with E-state index in [2.05, 4.69) is 32.6 Å². The molecular weight excluding hydrogens is 388 g/mol. The summed E-state index contributed by atoms with van der Waals surface area (Å²) in [7, 11) is 0. The summed E-state index contributed by atoms with van der Waals surface area (Å²) in [5, 5.41) is 6.10. The van der Waals surface area contributed by atoms with Crippen LogP contribution >= 0.6 is 11.6 Å². The second-order valence-electron chi connectivity index (χ2n) is 7.18. The van der Waals surface area contributed by atoms with Gasteiger partial charge in [0.05, 0.1) is 0 Å². The number of carbonyl (C=O) groups is 2.